The molecule has 0 fully saturated rings. The summed E-state index contributed by atoms with van der Waals surface area (Å²) in [5.74, 6) is 2.33. The molecule has 1 aliphatic rings. The molecule has 6 aromatic rings. The van der Waals surface area contributed by atoms with Crippen molar-refractivity contribution in [3.8, 4) is 17.3 Å². The minimum Gasteiger partial charge on any atom is -0.457 e. The molecule has 0 amide bonds. The van der Waals surface area contributed by atoms with Crippen molar-refractivity contribution in [2.45, 2.75) is 26.2 Å². The third-order valence-corrected chi connectivity index (χ3v) is 7.63. The van der Waals surface area contributed by atoms with E-state index in [9.17, 15) is 0 Å². The van der Waals surface area contributed by atoms with Crippen LogP contribution in [0.1, 0.15) is 29.1 Å². The summed E-state index contributed by atoms with van der Waals surface area (Å²) in [4.78, 5) is 8.67. The van der Waals surface area contributed by atoms with E-state index in [0.29, 0.717) is 12.4 Å². The average Bonchev–Trinajstić information content (AvgIpc) is 3.53. The highest BCUT2D eigenvalue weighted by Gasteiger charge is 2.24. The number of benzene rings is 4. The summed E-state index contributed by atoms with van der Waals surface area (Å²) < 4.78 is 24.7. The summed E-state index contributed by atoms with van der Waals surface area (Å²) in [7, 11) is 0. The minimum absolute atomic E-state index is 0.00483. The number of para-hydroxylation sites is 3. The lowest BCUT2D eigenvalue weighted by Crippen LogP contribution is -2.23. The van der Waals surface area contributed by atoms with Crippen molar-refractivity contribution in [1.82, 2.24) is 9.55 Å². The van der Waals surface area contributed by atoms with Gasteiger partial charge >= 0.3 is 0 Å². The molecule has 198 valence electrons. The lowest BCUT2D eigenvalue weighted by Gasteiger charge is -2.20. The second kappa shape index (κ2) is 9.16. The smallest absolute Gasteiger partial charge is 0.137 e. The summed E-state index contributed by atoms with van der Waals surface area (Å²) >= 11 is 0. The molecule has 0 radical (unpaired) electrons. The number of ether oxygens (including phenoxy) is 1. The fourth-order valence-corrected chi connectivity index (χ4v) is 5.58. The fourth-order valence-electron chi connectivity index (χ4n) is 5.58. The molecule has 2 aromatic heterocycles. The van der Waals surface area contributed by atoms with E-state index in [1.165, 1.54) is 10.9 Å². The van der Waals surface area contributed by atoms with Crippen LogP contribution >= 0.6 is 0 Å². The molecule has 1 aliphatic heterocycles. The van der Waals surface area contributed by atoms with Crippen LogP contribution in [0, 0.1) is 0 Å². The highest BCUT2D eigenvalue weighted by molar-refractivity contribution is 6.09. The quantitative estimate of drug-likeness (QED) is 0.230. The highest BCUT2D eigenvalue weighted by atomic mass is 16.5. The Balaban J connectivity index is 1.28. The zero-order valence-corrected chi connectivity index (χ0v) is 22.9. The first-order chi connectivity index (χ1) is 20.3. The summed E-state index contributed by atoms with van der Waals surface area (Å²) in [6.07, 6.45) is 1.89. The molecule has 0 saturated heterocycles. The SMILES string of the molecule is [2H]C([2H])N1CN(c2cccc(Oc3ccc4c5ccccc5n(-c5cc(C(C)(C)C)ccn5)c4c3)c2)c2ccccc21. The van der Waals surface area contributed by atoms with E-state index in [1.807, 2.05) is 60.8 Å². The molecule has 4 aromatic carbocycles. The molecule has 5 heteroatoms. The first kappa shape index (κ1) is 22.1. The minimum atomic E-state index is -1.09. The van der Waals surface area contributed by atoms with Crippen molar-refractivity contribution >= 4 is 38.9 Å². The molecular formula is C35H32N4O. The number of aromatic nitrogens is 2. The van der Waals surface area contributed by atoms with E-state index < -0.39 is 7.00 Å². The van der Waals surface area contributed by atoms with Crippen LogP contribution in [-0.2, 0) is 5.41 Å². The van der Waals surface area contributed by atoms with Crippen LogP contribution in [0.15, 0.2) is 109 Å². The maximum absolute atomic E-state index is 8.01. The standard InChI is InChI=1S/C35H32N4O/c1-35(2,3)24-18-19-36-34(20-24)39-30-13-6-5-12-28(30)29-17-16-27(22-33(29)39)40-26-11-9-10-25(21-26)38-23-37(4)31-14-7-8-15-32(31)38/h5-22H,23H2,1-4H3/i4D2. The van der Waals surface area contributed by atoms with Gasteiger partial charge in [0.05, 0.1) is 29.1 Å². The number of anilines is 3. The van der Waals surface area contributed by atoms with Crippen molar-refractivity contribution in [3.05, 3.63) is 115 Å². The van der Waals surface area contributed by atoms with Gasteiger partial charge in [-0.05, 0) is 65.6 Å². The Labute approximate surface area is 237 Å². The number of hydrogen-bond donors (Lipinski definition) is 0. The third kappa shape index (κ3) is 4.06. The maximum atomic E-state index is 8.01. The van der Waals surface area contributed by atoms with E-state index in [2.05, 4.69) is 78.8 Å². The topological polar surface area (TPSA) is 33.5 Å². The Morgan fingerprint density at radius 1 is 0.750 bits per heavy atom. The van der Waals surface area contributed by atoms with Gasteiger partial charge in [-0.3, -0.25) is 4.57 Å². The number of nitrogens with zero attached hydrogens (tertiary/aromatic N) is 4. The van der Waals surface area contributed by atoms with Gasteiger partial charge in [0.25, 0.3) is 0 Å². The predicted molar refractivity (Wildman–Crippen MR) is 166 cm³/mol. The summed E-state index contributed by atoms with van der Waals surface area (Å²) in [5.41, 5.74) is 6.18. The van der Waals surface area contributed by atoms with Crippen molar-refractivity contribution in [2.75, 3.05) is 23.5 Å². The second-order valence-corrected chi connectivity index (χ2v) is 11.3. The molecule has 0 atom stereocenters. The predicted octanol–water partition coefficient (Wildman–Crippen LogP) is 8.81. The van der Waals surface area contributed by atoms with Gasteiger partial charge in [-0.1, -0.05) is 57.2 Å². The molecule has 0 aliphatic carbocycles. The molecule has 0 unspecified atom stereocenters. The van der Waals surface area contributed by atoms with Crippen LogP contribution in [0.3, 0.4) is 0 Å². The molecule has 5 nitrogen and oxygen atoms in total. The normalized spacial score (nSPS) is 14.1. The number of fused-ring (bicyclic) bond motifs is 4. The van der Waals surface area contributed by atoms with Crippen LogP contribution in [-0.4, -0.2) is 23.2 Å². The van der Waals surface area contributed by atoms with Gasteiger partial charge in [-0.15, -0.1) is 0 Å². The summed E-state index contributed by atoms with van der Waals surface area (Å²) in [6.45, 7) is 6.00. The number of rotatable bonds is 4. The van der Waals surface area contributed by atoms with Gasteiger partial charge in [0.15, 0.2) is 0 Å². The molecule has 0 bridgehead atoms. The molecule has 0 N–H and O–H groups in total. The van der Waals surface area contributed by atoms with Gasteiger partial charge in [-0.2, -0.15) is 0 Å². The van der Waals surface area contributed by atoms with Gasteiger partial charge in [0.2, 0.25) is 0 Å². The Morgan fingerprint density at radius 3 is 2.38 bits per heavy atom. The molecular weight excluding hydrogens is 492 g/mol. The summed E-state index contributed by atoms with van der Waals surface area (Å²) in [5, 5.41) is 2.31. The molecule has 40 heavy (non-hydrogen) atoms. The van der Waals surface area contributed by atoms with E-state index >= 15 is 0 Å². The Hall–Kier alpha value is -4.77. The first-order valence-electron chi connectivity index (χ1n) is 14.7. The lowest BCUT2D eigenvalue weighted by molar-refractivity contribution is 0.483. The van der Waals surface area contributed by atoms with Crippen molar-refractivity contribution in [3.63, 3.8) is 0 Å². The van der Waals surface area contributed by atoms with Gasteiger partial charge < -0.3 is 14.5 Å². The molecule has 0 saturated carbocycles. The largest absolute Gasteiger partial charge is 0.457 e. The zero-order valence-electron chi connectivity index (χ0n) is 24.9. The average molecular weight is 527 g/mol. The highest BCUT2D eigenvalue weighted by Crippen LogP contribution is 2.41. The van der Waals surface area contributed by atoms with E-state index in [0.717, 1.165) is 45.0 Å². The Bertz CT molecular complexity index is 1940. The van der Waals surface area contributed by atoms with E-state index in [1.54, 1.807) is 4.90 Å². The second-order valence-electron chi connectivity index (χ2n) is 11.3. The first-order valence-corrected chi connectivity index (χ1v) is 13.5. The van der Waals surface area contributed by atoms with E-state index in [-0.39, 0.29) is 5.41 Å². The lowest BCUT2D eigenvalue weighted by atomic mass is 9.88. The van der Waals surface area contributed by atoms with Crippen LogP contribution in [0.5, 0.6) is 11.5 Å². The monoisotopic (exact) mass is 526 g/mol. The van der Waals surface area contributed by atoms with Crippen molar-refractivity contribution < 1.29 is 7.48 Å². The number of pyridine rings is 1. The molecule has 7 rings (SSSR count). The zero-order chi connectivity index (χ0) is 29.0. The van der Waals surface area contributed by atoms with Gasteiger partial charge in [0.1, 0.15) is 17.3 Å². The fraction of sp³-hybridized carbons (Fsp3) is 0.171. The maximum Gasteiger partial charge on any atom is 0.137 e. The van der Waals surface area contributed by atoms with Crippen LogP contribution < -0.4 is 14.5 Å². The van der Waals surface area contributed by atoms with Crippen molar-refractivity contribution in [1.29, 1.82) is 0 Å². The van der Waals surface area contributed by atoms with Crippen LogP contribution in [0.25, 0.3) is 27.6 Å². The van der Waals surface area contributed by atoms with Crippen molar-refractivity contribution in [2.24, 2.45) is 0 Å². The Kier molecular flexibility index (Phi) is 5.06. The van der Waals surface area contributed by atoms with E-state index in [4.69, 9.17) is 12.5 Å². The molecule has 3 heterocycles. The van der Waals surface area contributed by atoms with Crippen LogP contribution in [0.4, 0.5) is 17.1 Å². The molecule has 0 spiro atoms. The van der Waals surface area contributed by atoms with Crippen LogP contribution in [0.2, 0.25) is 0 Å². The number of hydrogen-bond acceptors (Lipinski definition) is 4. The summed E-state index contributed by atoms with van der Waals surface area (Å²) in [6, 6.07) is 34.8. The van der Waals surface area contributed by atoms with Gasteiger partial charge in [-0.25, -0.2) is 4.98 Å². The third-order valence-electron chi connectivity index (χ3n) is 7.63. The Morgan fingerprint density at radius 2 is 1.52 bits per heavy atom. The van der Waals surface area contributed by atoms with Gasteiger partial charge in [0, 0.05) is 44.5 Å².